The van der Waals surface area contributed by atoms with Gasteiger partial charge in [-0.3, -0.25) is 9.69 Å². The van der Waals surface area contributed by atoms with E-state index in [1.807, 2.05) is 18.2 Å². The van der Waals surface area contributed by atoms with Gasteiger partial charge in [0.25, 0.3) is 0 Å². The molecule has 0 aromatic heterocycles. The Morgan fingerprint density at radius 1 is 1.23 bits per heavy atom. The monoisotopic (exact) mass is 304 g/mol. The molecule has 120 valence electrons. The molecular formula is C17H24N2O3. The van der Waals surface area contributed by atoms with E-state index in [9.17, 15) is 4.79 Å². The SMILES string of the molecule is C[C@@H]1C[C@H](C)CN(CC(=O)NCc2ccc3c(c2)OCO3)C1. The van der Waals surface area contributed by atoms with Gasteiger partial charge in [-0.1, -0.05) is 19.9 Å². The summed E-state index contributed by atoms with van der Waals surface area (Å²) in [6.45, 7) is 7.83. The van der Waals surface area contributed by atoms with Gasteiger partial charge >= 0.3 is 0 Å². The van der Waals surface area contributed by atoms with Gasteiger partial charge in [0.15, 0.2) is 11.5 Å². The largest absolute Gasteiger partial charge is 0.454 e. The maximum absolute atomic E-state index is 12.1. The van der Waals surface area contributed by atoms with Crippen molar-refractivity contribution in [3.8, 4) is 11.5 Å². The van der Waals surface area contributed by atoms with Crippen LogP contribution in [-0.2, 0) is 11.3 Å². The molecule has 1 aromatic carbocycles. The number of nitrogens with one attached hydrogen (secondary N) is 1. The minimum absolute atomic E-state index is 0.0824. The lowest BCUT2D eigenvalue weighted by atomic mass is 9.92. The molecule has 2 heterocycles. The van der Waals surface area contributed by atoms with Crippen LogP contribution in [0.5, 0.6) is 11.5 Å². The molecule has 1 N–H and O–H groups in total. The average molecular weight is 304 g/mol. The summed E-state index contributed by atoms with van der Waals surface area (Å²) < 4.78 is 10.6. The van der Waals surface area contributed by atoms with Crippen LogP contribution in [0.15, 0.2) is 18.2 Å². The fourth-order valence-corrected chi connectivity index (χ4v) is 3.43. The number of fused-ring (bicyclic) bond motifs is 1. The smallest absolute Gasteiger partial charge is 0.234 e. The summed E-state index contributed by atoms with van der Waals surface area (Å²) in [5.74, 6) is 2.95. The summed E-state index contributed by atoms with van der Waals surface area (Å²) in [5, 5.41) is 2.99. The van der Waals surface area contributed by atoms with Crippen LogP contribution < -0.4 is 14.8 Å². The number of carbonyl (C=O) groups excluding carboxylic acids is 1. The number of ether oxygens (including phenoxy) is 2. The molecule has 22 heavy (non-hydrogen) atoms. The van der Waals surface area contributed by atoms with Gasteiger partial charge in [0, 0.05) is 19.6 Å². The van der Waals surface area contributed by atoms with Crippen LogP contribution in [0.1, 0.15) is 25.8 Å². The second-order valence-electron chi connectivity index (χ2n) is 6.60. The second kappa shape index (κ2) is 6.57. The summed E-state index contributed by atoms with van der Waals surface area (Å²) in [7, 11) is 0. The first-order valence-corrected chi connectivity index (χ1v) is 7.97. The fourth-order valence-electron chi connectivity index (χ4n) is 3.43. The molecule has 0 aliphatic carbocycles. The van der Waals surface area contributed by atoms with Gasteiger partial charge in [-0.05, 0) is 36.0 Å². The molecule has 0 radical (unpaired) electrons. The first-order valence-electron chi connectivity index (χ1n) is 7.97. The predicted octanol–water partition coefficient (Wildman–Crippen LogP) is 2.01. The molecule has 0 unspecified atom stereocenters. The van der Waals surface area contributed by atoms with Crippen molar-refractivity contribution in [2.45, 2.75) is 26.8 Å². The third-order valence-corrected chi connectivity index (χ3v) is 4.24. The molecule has 3 rings (SSSR count). The number of piperidine rings is 1. The molecule has 2 aliphatic rings. The van der Waals surface area contributed by atoms with E-state index in [4.69, 9.17) is 9.47 Å². The van der Waals surface area contributed by atoms with Crippen LogP contribution >= 0.6 is 0 Å². The number of nitrogens with zero attached hydrogens (tertiary/aromatic N) is 1. The highest BCUT2D eigenvalue weighted by Crippen LogP contribution is 2.32. The Kier molecular flexibility index (Phi) is 4.52. The van der Waals surface area contributed by atoms with Crippen molar-refractivity contribution in [3.05, 3.63) is 23.8 Å². The van der Waals surface area contributed by atoms with Gasteiger partial charge < -0.3 is 14.8 Å². The quantitative estimate of drug-likeness (QED) is 0.924. The zero-order valence-electron chi connectivity index (χ0n) is 13.3. The van der Waals surface area contributed by atoms with Gasteiger partial charge in [0.1, 0.15) is 0 Å². The van der Waals surface area contributed by atoms with Crippen LogP contribution in [0.3, 0.4) is 0 Å². The fraction of sp³-hybridized carbons (Fsp3) is 0.588. The van der Waals surface area contributed by atoms with E-state index in [0.29, 0.717) is 24.9 Å². The zero-order valence-corrected chi connectivity index (χ0v) is 13.3. The van der Waals surface area contributed by atoms with Crippen LogP contribution in [0.2, 0.25) is 0 Å². The molecule has 2 aliphatic heterocycles. The topological polar surface area (TPSA) is 50.8 Å². The maximum Gasteiger partial charge on any atom is 0.234 e. The Balaban J connectivity index is 1.48. The van der Waals surface area contributed by atoms with Crippen LogP contribution in [0.4, 0.5) is 0 Å². The maximum atomic E-state index is 12.1. The van der Waals surface area contributed by atoms with Crippen molar-refractivity contribution in [3.63, 3.8) is 0 Å². The molecule has 5 heteroatoms. The minimum Gasteiger partial charge on any atom is -0.454 e. The number of benzene rings is 1. The van der Waals surface area contributed by atoms with Crippen molar-refractivity contribution in [1.29, 1.82) is 0 Å². The van der Waals surface area contributed by atoms with Gasteiger partial charge in [-0.15, -0.1) is 0 Å². The van der Waals surface area contributed by atoms with E-state index in [-0.39, 0.29) is 12.7 Å². The molecule has 2 atom stereocenters. The van der Waals surface area contributed by atoms with Gasteiger partial charge in [-0.25, -0.2) is 0 Å². The first kappa shape index (κ1) is 15.2. The Morgan fingerprint density at radius 3 is 2.73 bits per heavy atom. The van der Waals surface area contributed by atoms with Gasteiger partial charge in [0.2, 0.25) is 12.7 Å². The predicted molar refractivity (Wildman–Crippen MR) is 83.8 cm³/mol. The van der Waals surface area contributed by atoms with Crippen molar-refractivity contribution in [2.24, 2.45) is 11.8 Å². The van der Waals surface area contributed by atoms with Crippen LogP contribution in [0.25, 0.3) is 0 Å². The normalized spacial score (nSPS) is 24.3. The standard InChI is InChI=1S/C17H24N2O3/c1-12-5-13(2)9-19(8-12)10-17(20)18-7-14-3-4-15-16(6-14)22-11-21-15/h3-4,6,12-13H,5,7-11H2,1-2H3,(H,18,20)/t12-,13+. The summed E-state index contributed by atoms with van der Waals surface area (Å²) >= 11 is 0. The van der Waals surface area contributed by atoms with E-state index in [1.54, 1.807) is 0 Å². The van der Waals surface area contributed by atoms with Gasteiger partial charge in [0.05, 0.1) is 6.54 Å². The third kappa shape index (κ3) is 3.71. The minimum atomic E-state index is 0.0824. The molecule has 1 saturated heterocycles. The average Bonchev–Trinajstić information content (AvgIpc) is 2.91. The Hall–Kier alpha value is -1.75. The molecule has 5 nitrogen and oxygen atoms in total. The molecule has 0 saturated carbocycles. The summed E-state index contributed by atoms with van der Waals surface area (Å²) in [4.78, 5) is 14.4. The number of hydrogen-bond donors (Lipinski definition) is 1. The number of carbonyl (C=O) groups is 1. The van der Waals surface area contributed by atoms with Crippen molar-refractivity contribution in [1.82, 2.24) is 10.2 Å². The number of amides is 1. The van der Waals surface area contributed by atoms with Crippen molar-refractivity contribution >= 4 is 5.91 Å². The molecular weight excluding hydrogens is 280 g/mol. The van der Waals surface area contributed by atoms with Crippen molar-refractivity contribution in [2.75, 3.05) is 26.4 Å². The highest BCUT2D eigenvalue weighted by molar-refractivity contribution is 5.78. The molecule has 1 amide bonds. The van der Waals surface area contributed by atoms with E-state index >= 15 is 0 Å². The molecule has 0 bridgehead atoms. The first-order chi connectivity index (χ1) is 10.6. The Morgan fingerprint density at radius 2 is 1.95 bits per heavy atom. The lowest BCUT2D eigenvalue weighted by Crippen LogP contribution is -2.44. The van der Waals surface area contributed by atoms with Crippen LogP contribution in [-0.4, -0.2) is 37.2 Å². The van der Waals surface area contributed by atoms with Gasteiger partial charge in [-0.2, -0.15) is 0 Å². The second-order valence-corrected chi connectivity index (χ2v) is 6.60. The lowest BCUT2D eigenvalue weighted by molar-refractivity contribution is -0.123. The van der Waals surface area contributed by atoms with E-state index in [1.165, 1.54) is 6.42 Å². The highest BCUT2D eigenvalue weighted by atomic mass is 16.7. The van der Waals surface area contributed by atoms with E-state index < -0.39 is 0 Å². The van der Waals surface area contributed by atoms with E-state index in [2.05, 4.69) is 24.1 Å². The number of hydrogen-bond acceptors (Lipinski definition) is 4. The summed E-state index contributed by atoms with van der Waals surface area (Å²) in [6.07, 6.45) is 1.26. The summed E-state index contributed by atoms with van der Waals surface area (Å²) in [5.41, 5.74) is 1.03. The number of likely N-dealkylation sites (tertiary alicyclic amines) is 1. The molecule has 1 fully saturated rings. The Labute approximate surface area is 131 Å². The third-order valence-electron chi connectivity index (χ3n) is 4.24. The highest BCUT2D eigenvalue weighted by Gasteiger charge is 2.23. The zero-order chi connectivity index (χ0) is 15.5. The van der Waals surface area contributed by atoms with Crippen LogP contribution in [0, 0.1) is 11.8 Å². The summed E-state index contributed by atoms with van der Waals surface area (Å²) in [6, 6.07) is 5.77. The molecule has 1 aromatic rings. The van der Waals surface area contributed by atoms with E-state index in [0.717, 1.165) is 30.2 Å². The number of rotatable bonds is 4. The van der Waals surface area contributed by atoms with Crippen molar-refractivity contribution < 1.29 is 14.3 Å². The Bertz CT molecular complexity index is 537. The molecule has 0 spiro atoms. The lowest BCUT2D eigenvalue weighted by Gasteiger charge is -2.34.